The van der Waals surface area contributed by atoms with E-state index in [0.29, 0.717) is 6.10 Å². The Hall–Kier alpha value is -0.540. The number of nitrogens with zero attached hydrogens (tertiary/aromatic N) is 1. The third-order valence-corrected chi connectivity index (χ3v) is 4.24. The second-order valence-electron chi connectivity index (χ2n) is 4.82. The second-order valence-corrected chi connectivity index (χ2v) is 5.99. The Bertz CT molecular complexity index is 453. The Morgan fingerprint density at radius 2 is 2.14 bits per heavy atom. The number of rotatable bonds is 6. The van der Waals surface area contributed by atoms with E-state index in [-0.39, 0.29) is 29.8 Å². The predicted octanol–water partition coefficient (Wildman–Crippen LogP) is 2.88. The summed E-state index contributed by atoms with van der Waals surface area (Å²) in [5.41, 5.74) is 0. The molecule has 1 unspecified atom stereocenters. The van der Waals surface area contributed by atoms with Crippen molar-refractivity contribution in [1.82, 2.24) is 10.6 Å². The van der Waals surface area contributed by atoms with E-state index in [2.05, 4.69) is 15.6 Å². The third-order valence-electron chi connectivity index (χ3n) is 3.22. The zero-order valence-electron chi connectivity index (χ0n) is 12.7. The highest BCUT2D eigenvalue weighted by Crippen LogP contribution is 2.17. The minimum atomic E-state index is -0.198. The van der Waals surface area contributed by atoms with E-state index in [1.54, 1.807) is 30.9 Å². The van der Waals surface area contributed by atoms with Crippen LogP contribution in [0.2, 0.25) is 0 Å². The number of aliphatic imine (C=N–C) groups is 1. The Kier molecular flexibility index (Phi) is 9.81. The van der Waals surface area contributed by atoms with Crippen LogP contribution >= 0.6 is 35.7 Å². The van der Waals surface area contributed by atoms with Crippen LogP contribution in [-0.2, 0) is 4.74 Å². The molecule has 4 nitrogen and oxygen atoms in total. The van der Waals surface area contributed by atoms with Gasteiger partial charge in [0.1, 0.15) is 5.82 Å². The summed E-state index contributed by atoms with van der Waals surface area (Å²) in [6.45, 7) is 2.46. The number of guanidine groups is 1. The third kappa shape index (κ3) is 7.15. The average molecular weight is 439 g/mol. The summed E-state index contributed by atoms with van der Waals surface area (Å²) in [4.78, 5) is 5.26. The molecule has 1 aromatic rings. The van der Waals surface area contributed by atoms with Gasteiger partial charge in [0.15, 0.2) is 5.96 Å². The fourth-order valence-electron chi connectivity index (χ4n) is 2.11. The van der Waals surface area contributed by atoms with Gasteiger partial charge in [0.2, 0.25) is 0 Å². The Balaban J connectivity index is 0.00000242. The fourth-order valence-corrected chi connectivity index (χ4v) is 2.87. The van der Waals surface area contributed by atoms with Crippen LogP contribution in [0.4, 0.5) is 4.39 Å². The van der Waals surface area contributed by atoms with Crippen molar-refractivity contribution in [2.24, 2.45) is 4.99 Å². The van der Waals surface area contributed by atoms with Gasteiger partial charge in [0.05, 0.1) is 6.10 Å². The molecule has 7 heteroatoms. The first-order valence-corrected chi connectivity index (χ1v) is 8.21. The predicted molar refractivity (Wildman–Crippen MR) is 101 cm³/mol. The molecule has 0 aliphatic carbocycles. The van der Waals surface area contributed by atoms with Gasteiger partial charge in [-0.3, -0.25) is 4.99 Å². The van der Waals surface area contributed by atoms with E-state index < -0.39 is 0 Å². The molecule has 1 heterocycles. The molecule has 2 rings (SSSR count). The lowest BCUT2D eigenvalue weighted by Gasteiger charge is -2.14. The zero-order chi connectivity index (χ0) is 14.9. The molecule has 1 fully saturated rings. The first-order chi connectivity index (χ1) is 10.3. The second kappa shape index (κ2) is 11.1. The zero-order valence-corrected chi connectivity index (χ0v) is 15.8. The van der Waals surface area contributed by atoms with E-state index in [1.165, 1.54) is 12.1 Å². The number of benzene rings is 1. The van der Waals surface area contributed by atoms with Crippen molar-refractivity contribution >= 4 is 41.7 Å². The molecule has 1 saturated heterocycles. The first-order valence-electron chi connectivity index (χ1n) is 7.22. The maximum Gasteiger partial charge on any atom is 0.191 e. The molecule has 1 aliphatic rings. The minimum Gasteiger partial charge on any atom is -0.376 e. The number of thioether (sulfide) groups is 1. The van der Waals surface area contributed by atoms with Crippen LogP contribution in [0.5, 0.6) is 0 Å². The van der Waals surface area contributed by atoms with E-state index in [4.69, 9.17) is 4.74 Å². The van der Waals surface area contributed by atoms with Crippen LogP contribution in [0, 0.1) is 5.82 Å². The van der Waals surface area contributed by atoms with Gasteiger partial charge in [-0.25, -0.2) is 4.39 Å². The minimum absolute atomic E-state index is 0. The van der Waals surface area contributed by atoms with Crippen LogP contribution in [0.3, 0.4) is 0 Å². The first kappa shape index (κ1) is 19.5. The number of hydrogen-bond donors (Lipinski definition) is 2. The van der Waals surface area contributed by atoms with Crippen molar-refractivity contribution in [3.63, 3.8) is 0 Å². The maximum atomic E-state index is 12.8. The highest BCUT2D eigenvalue weighted by Gasteiger charge is 2.15. The van der Waals surface area contributed by atoms with E-state index in [9.17, 15) is 4.39 Å². The van der Waals surface area contributed by atoms with Gasteiger partial charge in [0.25, 0.3) is 0 Å². The van der Waals surface area contributed by atoms with Gasteiger partial charge in [-0.15, -0.1) is 35.7 Å². The molecular formula is C15H23FIN3OS. The number of hydrogen-bond acceptors (Lipinski definition) is 3. The molecule has 1 aliphatic heterocycles. The van der Waals surface area contributed by atoms with Crippen molar-refractivity contribution in [3.05, 3.63) is 30.1 Å². The van der Waals surface area contributed by atoms with Crippen molar-refractivity contribution < 1.29 is 9.13 Å². The van der Waals surface area contributed by atoms with Gasteiger partial charge < -0.3 is 15.4 Å². The summed E-state index contributed by atoms with van der Waals surface area (Å²) in [6.07, 6.45) is 2.56. The summed E-state index contributed by atoms with van der Waals surface area (Å²) < 4.78 is 18.3. The van der Waals surface area contributed by atoms with Gasteiger partial charge in [-0.05, 0) is 37.1 Å². The molecule has 0 aromatic heterocycles. The summed E-state index contributed by atoms with van der Waals surface area (Å²) in [6, 6.07) is 6.56. The molecule has 2 N–H and O–H groups in total. The monoisotopic (exact) mass is 439 g/mol. The smallest absolute Gasteiger partial charge is 0.191 e. The van der Waals surface area contributed by atoms with Crippen LogP contribution in [0.25, 0.3) is 0 Å². The Labute approximate surface area is 152 Å². The fraction of sp³-hybridized carbons (Fsp3) is 0.533. The summed E-state index contributed by atoms with van der Waals surface area (Å²) >= 11 is 1.69. The van der Waals surface area contributed by atoms with E-state index in [0.717, 1.165) is 49.1 Å². The molecule has 22 heavy (non-hydrogen) atoms. The lowest BCUT2D eigenvalue weighted by molar-refractivity contribution is 0.114. The van der Waals surface area contributed by atoms with Crippen LogP contribution in [0.15, 0.2) is 34.2 Å². The lowest BCUT2D eigenvalue weighted by atomic mass is 10.2. The SMILES string of the molecule is CN=C(NCCSc1ccc(F)cc1)NCC1CCCO1.I. The molecule has 124 valence electrons. The van der Waals surface area contributed by atoms with Gasteiger partial charge in [-0.1, -0.05) is 0 Å². The van der Waals surface area contributed by atoms with E-state index in [1.807, 2.05) is 0 Å². The van der Waals surface area contributed by atoms with E-state index >= 15 is 0 Å². The van der Waals surface area contributed by atoms with Crippen LogP contribution < -0.4 is 10.6 Å². The van der Waals surface area contributed by atoms with Crippen LogP contribution in [-0.4, -0.2) is 44.6 Å². The molecular weight excluding hydrogens is 416 g/mol. The average Bonchev–Trinajstić information content (AvgIpc) is 3.02. The number of halogens is 2. The molecule has 0 bridgehead atoms. The summed E-state index contributed by atoms with van der Waals surface area (Å²) in [5.74, 6) is 1.49. The molecule has 0 spiro atoms. The Morgan fingerprint density at radius 1 is 1.36 bits per heavy atom. The standard InChI is InChI=1S/C15H22FN3OS.HI/c1-17-15(19-11-13-3-2-9-20-13)18-8-10-21-14-6-4-12(16)5-7-14;/h4-7,13H,2-3,8-11H2,1H3,(H2,17,18,19);1H. The van der Waals surface area contributed by atoms with Crippen molar-refractivity contribution in [1.29, 1.82) is 0 Å². The van der Waals surface area contributed by atoms with Crippen molar-refractivity contribution in [2.45, 2.75) is 23.8 Å². The lowest BCUT2D eigenvalue weighted by Crippen LogP contribution is -2.41. The van der Waals surface area contributed by atoms with Gasteiger partial charge in [0, 0.05) is 37.4 Å². The highest BCUT2D eigenvalue weighted by atomic mass is 127. The molecule has 1 atom stereocenters. The van der Waals surface area contributed by atoms with Crippen molar-refractivity contribution in [2.75, 3.05) is 32.5 Å². The highest BCUT2D eigenvalue weighted by molar-refractivity contribution is 14.0. The molecule has 1 aromatic carbocycles. The molecule has 0 amide bonds. The van der Waals surface area contributed by atoms with Crippen molar-refractivity contribution in [3.8, 4) is 0 Å². The number of ether oxygens (including phenoxy) is 1. The summed E-state index contributed by atoms with van der Waals surface area (Å²) in [5, 5.41) is 6.54. The molecule has 0 saturated carbocycles. The Morgan fingerprint density at radius 3 is 2.77 bits per heavy atom. The quantitative estimate of drug-likeness (QED) is 0.235. The topological polar surface area (TPSA) is 45.7 Å². The largest absolute Gasteiger partial charge is 0.376 e. The normalized spacial score (nSPS) is 17.9. The summed E-state index contributed by atoms with van der Waals surface area (Å²) in [7, 11) is 1.76. The van der Waals surface area contributed by atoms with Crippen LogP contribution in [0.1, 0.15) is 12.8 Å². The number of nitrogens with one attached hydrogen (secondary N) is 2. The van der Waals surface area contributed by atoms with Gasteiger partial charge in [-0.2, -0.15) is 0 Å². The molecule has 0 radical (unpaired) electrons. The maximum absolute atomic E-state index is 12.8. The van der Waals surface area contributed by atoms with Gasteiger partial charge >= 0.3 is 0 Å².